The Morgan fingerprint density at radius 3 is 2.83 bits per heavy atom. The number of nitrogens with zero attached hydrogens (tertiary/aromatic N) is 5. The Hall–Kier alpha value is -4.25. The molecule has 0 spiro atoms. The molecule has 2 N–H and O–H groups in total. The second kappa shape index (κ2) is 14.9. The number of hydrogen-bond acceptors (Lipinski definition) is 10. The van der Waals surface area contributed by atoms with Crippen LogP contribution in [0.2, 0.25) is 0 Å². The summed E-state index contributed by atoms with van der Waals surface area (Å²) in [5.41, 5.74) is 8.94. The van der Waals surface area contributed by atoms with E-state index in [2.05, 4.69) is 66.4 Å². The van der Waals surface area contributed by atoms with Crippen molar-refractivity contribution in [2.45, 2.75) is 91.1 Å². The second-order valence-corrected chi connectivity index (χ2v) is 16.7. The van der Waals surface area contributed by atoms with Crippen molar-refractivity contribution >= 4 is 45.5 Å². The maximum atomic E-state index is 14.1. The topological polar surface area (TPSA) is 151 Å². The predicted molar refractivity (Wildman–Crippen MR) is 204 cm³/mol. The Kier molecular flexibility index (Phi) is 10.4. The number of rotatable bonds is 6. The first-order valence-corrected chi connectivity index (χ1v) is 19.7. The normalized spacial score (nSPS) is 27.7. The van der Waals surface area contributed by atoms with Gasteiger partial charge in [0.15, 0.2) is 0 Å². The van der Waals surface area contributed by atoms with Crippen molar-refractivity contribution in [3.8, 4) is 17.3 Å². The molecular formula is C40H49N7O5S. The average molecular weight is 740 g/mol. The molecule has 3 aromatic rings. The molecule has 12 nitrogen and oxygen atoms in total. The largest absolute Gasteiger partial charge is 0.464 e. The van der Waals surface area contributed by atoms with Crippen LogP contribution in [0, 0.1) is 34.5 Å². The third-order valence-electron chi connectivity index (χ3n) is 11.3. The Labute approximate surface area is 315 Å². The summed E-state index contributed by atoms with van der Waals surface area (Å²) in [6, 6.07) is 11.1. The number of amides is 2. The number of ether oxygens (including phenoxy) is 2. The summed E-state index contributed by atoms with van der Waals surface area (Å²) in [5, 5.41) is 15.8. The van der Waals surface area contributed by atoms with Crippen LogP contribution < -0.4 is 10.7 Å². The van der Waals surface area contributed by atoms with Gasteiger partial charge in [-0.05, 0) is 74.4 Å². The van der Waals surface area contributed by atoms with Crippen molar-refractivity contribution in [2.75, 3.05) is 26.0 Å². The minimum absolute atomic E-state index is 0.0654. The number of hydrogen-bond donors (Lipinski definition) is 2. The van der Waals surface area contributed by atoms with Crippen LogP contribution in [0.4, 0.5) is 0 Å². The number of aromatic nitrogens is 2. The van der Waals surface area contributed by atoms with Crippen LogP contribution in [0.15, 0.2) is 41.5 Å². The van der Waals surface area contributed by atoms with Crippen molar-refractivity contribution < 1.29 is 23.9 Å². The minimum Gasteiger partial charge on any atom is -0.464 e. The summed E-state index contributed by atoms with van der Waals surface area (Å²) in [7, 11) is 1.70. The van der Waals surface area contributed by atoms with Crippen molar-refractivity contribution in [1.82, 2.24) is 25.3 Å². The minimum atomic E-state index is -0.905. The van der Waals surface area contributed by atoms with E-state index in [-0.39, 0.29) is 48.8 Å². The third kappa shape index (κ3) is 7.21. The van der Waals surface area contributed by atoms with Crippen LogP contribution in [0.5, 0.6) is 0 Å². The van der Waals surface area contributed by atoms with Crippen LogP contribution in [-0.4, -0.2) is 75.5 Å². The van der Waals surface area contributed by atoms with Gasteiger partial charge in [0.05, 0.1) is 53.1 Å². The van der Waals surface area contributed by atoms with Crippen molar-refractivity contribution in [2.24, 2.45) is 28.2 Å². The number of esters is 1. The van der Waals surface area contributed by atoms with Gasteiger partial charge in [-0.2, -0.15) is 5.26 Å². The first-order valence-electron chi connectivity index (χ1n) is 18.7. The summed E-state index contributed by atoms with van der Waals surface area (Å²) < 4.78 is 14.2. The van der Waals surface area contributed by atoms with Crippen LogP contribution in [0.25, 0.3) is 22.2 Å². The van der Waals surface area contributed by atoms with Gasteiger partial charge in [0.25, 0.3) is 5.91 Å². The first kappa shape index (κ1) is 37.1. The lowest BCUT2D eigenvalue weighted by Crippen LogP contribution is -2.60. The van der Waals surface area contributed by atoms with Crippen LogP contribution in [0.3, 0.4) is 0 Å². The second-order valence-electron chi connectivity index (χ2n) is 15.6. The zero-order valence-corrected chi connectivity index (χ0v) is 32.2. The van der Waals surface area contributed by atoms with E-state index in [1.165, 1.54) is 5.01 Å². The molecule has 2 aromatic heterocycles. The fraction of sp³-hybridized carbons (Fsp3) is 0.550. The summed E-state index contributed by atoms with van der Waals surface area (Å²) in [6.45, 7) is 11.6. The smallest absolute Gasteiger partial charge is 0.324 e. The van der Waals surface area contributed by atoms with E-state index in [1.807, 2.05) is 19.9 Å². The molecule has 280 valence electrons. The van der Waals surface area contributed by atoms with Gasteiger partial charge in [-0.1, -0.05) is 26.8 Å². The number of cyclic esters (lactones) is 1. The Morgan fingerprint density at radius 1 is 1.28 bits per heavy atom. The summed E-state index contributed by atoms with van der Waals surface area (Å²) in [6.07, 6.45) is 3.55. The molecule has 1 aliphatic carbocycles. The molecule has 13 heteroatoms. The molecule has 2 amide bonds. The number of nitrogens with one attached hydrogen (secondary N) is 2. The number of aryl methyl sites for hydroxylation is 1. The molecule has 7 atom stereocenters. The van der Waals surface area contributed by atoms with E-state index >= 15 is 0 Å². The maximum Gasteiger partial charge on any atom is 0.324 e. The predicted octanol–water partition coefficient (Wildman–Crippen LogP) is 5.52. The van der Waals surface area contributed by atoms with Gasteiger partial charge >= 0.3 is 5.97 Å². The van der Waals surface area contributed by atoms with Gasteiger partial charge in [0.2, 0.25) is 5.91 Å². The monoisotopic (exact) mass is 739 g/mol. The highest BCUT2D eigenvalue weighted by Crippen LogP contribution is 2.46. The van der Waals surface area contributed by atoms with Gasteiger partial charge in [-0.3, -0.25) is 29.4 Å². The van der Waals surface area contributed by atoms with Crippen LogP contribution in [0.1, 0.15) is 82.8 Å². The number of carbonyl (C=O) groups is 3. The van der Waals surface area contributed by atoms with E-state index in [0.29, 0.717) is 31.6 Å². The van der Waals surface area contributed by atoms with Crippen molar-refractivity contribution in [3.63, 3.8) is 0 Å². The van der Waals surface area contributed by atoms with Gasteiger partial charge in [-0.15, -0.1) is 11.8 Å². The van der Waals surface area contributed by atoms with Gasteiger partial charge < -0.3 is 19.4 Å². The van der Waals surface area contributed by atoms with E-state index in [1.54, 1.807) is 25.1 Å². The molecule has 2 fully saturated rings. The van der Waals surface area contributed by atoms with Gasteiger partial charge in [0, 0.05) is 60.5 Å². The molecule has 1 saturated heterocycles. The molecule has 0 radical (unpaired) electrons. The summed E-state index contributed by atoms with van der Waals surface area (Å²) in [4.78, 5) is 51.0. The number of thioether (sulfide) groups is 1. The third-order valence-corrected chi connectivity index (χ3v) is 12.3. The number of methoxy groups -OCH3 is 1. The zero-order chi connectivity index (χ0) is 37.6. The van der Waals surface area contributed by atoms with E-state index in [0.717, 1.165) is 50.6 Å². The number of fused-ring (bicyclic) bond motifs is 5. The highest BCUT2D eigenvalue weighted by atomic mass is 32.2. The van der Waals surface area contributed by atoms with E-state index in [9.17, 15) is 19.6 Å². The SMILES string of the molecule is CCn1c(-c2cccnc2[C@H](C)OC)c2c3cc(ccc31)C1CSC(=N1)C[C@H](NC(=O)[C@@H]1[C@@H](C)[C@H]1C#N)C(=O)N1CCC[C@H](N1)C(=O)OCC(C)(C)C2. The number of hydrazine groups is 1. The lowest BCUT2D eigenvalue weighted by atomic mass is 9.84. The molecule has 6 bridgehead atoms. The Bertz CT molecular complexity index is 2000. The molecule has 5 heterocycles. The highest BCUT2D eigenvalue weighted by molar-refractivity contribution is 8.14. The lowest BCUT2D eigenvalue weighted by molar-refractivity contribution is -0.155. The molecule has 4 aliphatic rings. The fourth-order valence-electron chi connectivity index (χ4n) is 8.13. The Balaban J connectivity index is 1.32. The number of benzene rings is 1. The molecule has 1 unspecified atom stereocenters. The van der Waals surface area contributed by atoms with Crippen molar-refractivity contribution in [1.29, 1.82) is 5.26 Å². The zero-order valence-electron chi connectivity index (χ0n) is 31.3. The molecule has 1 saturated carbocycles. The Morgan fingerprint density at radius 2 is 2.09 bits per heavy atom. The molecule has 3 aliphatic heterocycles. The maximum absolute atomic E-state index is 14.1. The van der Waals surface area contributed by atoms with Gasteiger partial charge in [0.1, 0.15) is 12.1 Å². The molecule has 1 aromatic carbocycles. The number of carbonyl (C=O) groups excluding carboxylic acids is 3. The first-order chi connectivity index (χ1) is 25.4. The number of pyridine rings is 1. The van der Waals surface area contributed by atoms with Gasteiger partial charge in [-0.25, -0.2) is 5.43 Å². The number of nitriles is 1. The highest BCUT2D eigenvalue weighted by Gasteiger charge is 2.53. The molecule has 53 heavy (non-hydrogen) atoms. The van der Waals surface area contributed by atoms with Crippen LogP contribution >= 0.6 is 11.8 Å². The van der Waals surface area contributed by atoms with E-state index < -0.39 is 29.4 Å². The van der Waals surface area contributed by atoms with Crippen LogP contribution in [-0.2, 0) is 36.8 Å². The van der Waals surface area contributed by atoms with E-state index in [4.69, 9.17) is 19.5 Å². The van der Waals surface area contributed by atoms with Crippen molar-refractivity contribution in [3.05, 3.63) is 53.3 Å². The summed E-state index contributed by atoms with van der Waals surface area (Å²) in [5.74, 6) is -1.22. The molecular weight excluding hydrogens is 691 g/mol. The lowest BCUT2D eigenvalue weighted by Gasteiger charge is -2.35. The molecule has 7 rings (SSSR count). The fourth-order valence-corrected chi connectivity index (χ4v) is 9.23. The number of aliphatic imine (C=N–C) groups is 1. The standard InChI is InChI=1S/C40H49N7O5S/c1-7-46-32-13-12-24-16-26(32)27(36(46)25-10-8-14-42-35(25)23(3)51-6)18-40(4,5)21-52-39(50)29-11-9-15-47(45-29)38(49)30(17-33-43-31(24)20-53-33)44-37(48)34-22(2)28(34)19-41/h8,10,12-14,16,22-23,28-31,34,45H,7,9,11,15,17-18,20-21H2,1-6H3,(H,44,48)/t22-,23-,28+,29-,30-,31?,34+/m0/s1. The summed E-state index contributed by atoms with van der Waals surface area (Å²) >= 11 is 1.60. The quantitative estimate of drug-likeness (QED) is 0.312. The average Bonchev–Trinajstić information content (AvgIpc) is 3.44.